The summed E-state index contributed by atoms with van der Waals surface area (Å²) in [4.78, 5) is 25.5. The Morgan fingerprint density at radius 1 is 1.29 bits per heavy atom. The molecule has 2 heterocycles. The first-order chi connectivity index (χ1) is 9.59. The summed E-state index contributed by atoms with van der Waals surface area (Å²) in [5.41, 5.74) is -0.888. The Morgan fingerprint density at radius 2 is 1.95 bits per heavy atom. The van der Waals surface area contributed by atoms with Gasteiger partial charge in [-0.05, 0) is 40.2 Å². The Hall–Kier alpha value is -1.15. The van der Waals surface area contributed by atoms with Crippen LogP contribution in [-0.4, -0.2) is 60.9 Å². The Bertz CT molecular complexity index is 544. The molecule has 2 saturated heterocycles. The normalized spacial score (nSPS) is 27.3. The number of sulfone groups is 1. The molecule has 0 aliphatic carbocycles. The molecule has 0 aromatic heterocycles. The van der Waals surface area contributed by atoms with Crippen molar-refractivity contribution >= 4 is 21.8 Å². The number of hydrogen-bond donors (Lipinski definition) is 2. The van der Waals surface area contributed by atoms with E-state index in [1.54, 1.807) is 20.8 Å². The van der Waals surface area contributed by atoms with E-state index in [1.807, 2.05) is 0 Å². The van der Waals surface area contributed by atoms with Crippen molar-refractivity contribution in [1.82, 2.24) is 15.5 Å². The van der Waals surface area contributed by atoms with Gasteiger partial charge in [0.25, 0.3) is 5.91 Å². The molecule has 2 rings (SSSR count). The van der Waals surface area contributed by atoms with Gasteiger partial charge in [0, 0.05) is 13.1 Å². The lowest BCUT2D eigenvalue weighted by molar-refractivity contribution is -0.131. The van der Waals surface area contributed by atoms with Crippen molar-refractivity contribution in [3.8, 4) is 0 Å². The van der Waals surface area contributed by atoms with Gasteiger partial charge in [-0.1, -0.05) is 0 Å². The number of imide groups is 1. The van der Waals surface area contributed by atoms with E-state index in [0.717, 1.165) is 17.9 Å². The van der Waals surface area contributed by atoms with Gasteiger partial charge < -0.3 is 10.6 Å². The van der Waals surface area contributed by atoms with Crippen LogP contribution in [0.1, 0.15) is 33.6 Å². The number of nitrogens with one attached hydrogen (secondary N) is 2. The van der Waals surface area contributed by atoms with Gasteiger partial charge in [-0.25, -0.2) is 13.2 Å². The van der Waals surface area contributed by atoms with Crippen LogP contribution >= 0.6 is 0 Å². The second-order valence-corrected chi connectivity index (χ2v) is 9.54. The lowest BCUT2D eigenvalue weighted by Crippen LogP contribution is -2.57. The molecule has 8 heteroatoms. The molecule has 7 nitrogen and oxygen atoms in total. The summed E-state index contributed by atoms with van der Waals surface area (Å²) in [6.07, 6.45) is 1.40. The van der Waals surface area contributed by atoms with Gasteiger partial charge in [0.2, 0.25) is 0 Å². The van der Waals surface area contributed by atoms with E-state index < -0.39 is 26.2 Å². The SMILES string of the molecule is CC(C)(C)S(=O)(=O)CCN1C(=O)NC2(CCCNC2)C1=O. The van der Waals surface area contributed by atoms with Crippen LogP contribution in [0.15, 0.2) is 0 Å². The molecule has 2 aliphatic heterocycles. The van der Waals surface area contributed by atoms with Crippen LogP contribution in [0.25, 0.3) is 0 Å². The number of carbonyl (C=O) groups excluding carboxylic acids is 2. The minimum Gasteiger partial charge on any atom is -0.322 e. The first kappa shape index (κ1) is 16.2. The van der Waals surface area contributed by atoms with Gasteiger partial charge in [0.15, 0.2) is 9.84 Å². The lowest BCUT2D eigenvalue weighted by Gasteiger charge is -2.31. The largest absolute Gasteiger partial charge is 0.325 e. The summed E-state index contributed by atoms with van der Waals surface area (Å²) < 4.78 is 23.3. The maximum absolute atomic E-state index is 12.5. The second-order valence-electron chi connectivity index (χ2n) is 6.68. The number of urea groups is 1. The van der Waals surface area contributed by atoms with Crippen LogP contribution in [0, 0.1) is 0 Å². The molecule has 0 radical (unpaired) electrons. The van der Waals surface area contributed by atoms with Crippen LogP contribution in [0.4, 0.5) is 4.79 Å². The Kier molecular flexibility index (Phi) is 4.05. The minimum atomic E-state index is -3.36. The fourth-order valence-corrected chi connectivity index (χ4v) is 3.63. The van der Waals surface area contributed by atoms with Gasteiger partial charge >= 0.3 is 6.03 Å². The van der Waals surface area contributed by atoms with Crippen molar-refractivity contribution in [3.05, 3.63) is 0 Å². The molecule has 0 aromatic carbocycles. The molecule has 120 valence electrons. The van der Waals surface area contributed by atoms with E-state index in [2.05, 4.69) is 10.6 Å². The zero-order valence-corrected chi connectivity index (χ0v) is 13.5. The van der Waals surface area contributed by atoms with Crippen molar-refractivity contribution in [2.75, 3.05) is 25.4 Å². The standard InChI is InChI=1S/C13H23N3O4S/c1-12(2,3)21(19,20)8-7-16-10(17)13(15-11(16)18)5-4-6-14-9-13/h14H,4-9H2,1-3H3,(H,15,18). The smallest absolute Gasteiger partial charge is 0.322 e. The highest BCUT2D eigenvalue weighted by Gasteiger charge is 2.51. The van der Waals surface area contributed by atoms with Crippen LogP contribution in [0.2, 0.25) is 0 Å². The maximum Gasteiger partial charge on any atom is 0.325 e. The number of hydrogen-bond acceptors (Lipinski definition) is 5. The van der Waals surface area contributed by atoms with E-state index in [0.29, 0.717) is 13.0 Å². The Labute approximate surface area is 125 Å². The van der Waals surface area contributed by atoms with E-state index in [-0.39, 0.29) is 18.2 Å². The Balaban J connectivity index is 2.08. The monoisotopic (exact) mass is 317 g/mol. The van der Waals surface area contributed by atoms with Crippen LogP contribution in [0.3, 0.4) is 0 Å². The van der Waals surface area contributed by atoms with Crippen molar-refractivity contribution in [3.63, 3.8) is 0 Å². The number of piperidine rings is 1. The highest BCUT2D eigenvalue weighted by Crippen LogP contribution is 2.25. The molecule has 3 amide bonds. The molecule has 0 aromatic rings. The molecule has 1 atom stereocenters. The summed E-state index contributed by atoms with van der Waals surface area (Å²) in [6, 6.07) is -0.493. The van der Waals surface area contributed by atoms with Gasteiger partial charge in [-0.2, -0.15) is 0 Å². The third-order valence-corrected chi connectivity index (χ3v) is 6.73. The van der Waals surface area contributed by atoms with Crippen LogP contribution in [-0.2, 0) is 14.6 Å². The number of rotatable bonds is 3. The topological polar surface area (TPSA) is 95.6 Å². The van der Waals surface area contributed by atoms with Gasteiger partial charge in [-0.15, -0.1) is 0 Å². The fraction of sp³-hybridized carbons (Fsp3) is 0.846. The summed E-state index contributed by atoms with van der Waals surface area (Å²) in [5, 5.41) is 5.83. The second kappa shape index (κ2) is 5.24. The number of amides is 3. The molecule has 1 unspecified atom stereocenters. The van der Waals surface area contributed by atoms with Crippen molar-refractivity contribution in [1.29, 1.82) is 0 Å². The van der Waals surface area contributed by atoms with Crippen molar-refractivity contribution < 1.29 is 18.0 Å². The molecule has 2 aliphatic rings. The highest BCUT2D eigenvalue weighted by atomic mass is 32.2. The molecule has 1 spiro atoms. The number of nitrogens with zero attached hydrogens (tertiary/aromatic N) is 1. The summed E-state index contributed by atoms with van der Waals surface area (Å²) in [6.45, 7) is 5.97. The Morgan fingerprint density at radius 3 is 2.48 bits per heavy atom. The quantitative estimate of drug-likeness (QED) is 0.707. The predicted molar refractivity (Wildman–Crippen MR) is 78.6 cm³/mol. The van der Waals surface area contributed by atoms with E-state index in [9.17, 15) is 18.0 Å². The van der Waals surface area contributed by atoms with Crippen molar-refractivity contribution in [2.24, 2.45) is 0 Å². The first-order valence-corrected chi connectivity index (χ1v) is 8.81. The van der Waals surface area contributed by atoms with Gasteiger partial charge in [0.1, 0.15) is 5.54 Å². The summed E-state index contributed by atoms with van der Waals surface area (Å²) in [7, 11) is -3.36. The summed E-state index contributed by atoms with van der Waals surface area (Å²) >= 11 is 0. The molecular weight excluding hydrogens is 294 g/mol. The molecule has 2 N–H and O–H groups in total. The molecule has 0 saturated carbocycles. The zero-order valence-electron chi connectivity index (χ0n) is 12.7. The highest BCUT2D eigenvalue weighted by molar-refractivity contribution is 7.92. The van der Waals surface area contributed by atoms with Crippen LogP contribution in [0.5, 0.6) is 0 Å². The molecular formula is C13H23N3O4S. The molecule has 2 fully saturated rings. The lowest BCUT2D eigenvalue weighted by atomic mass is 9.90. The fourth-order valence-electron chi connectivity index (χ4n) is 2.59. The minimum absolute atomic E-state index is 0.0913. The molecule has 0 bridgehead atoms. The van der Waals surface area contributed by atoms with Crippen LogP contribution < -0.4 is 10.6 Å². The van der Waals surface area contributed by atoms with E-state index >= 15 is 0 Å². The van der Waals surface area contributed by atoms with E-state index in [4.69, 9.17) is 0 Å². The van der Waals surface area contributed by atoms with Gasteiger partial charge in [-0.3, -0.25) is 9.69 Å². The average molecular weight is 317 g/mol. The third kappa shape index (κ3) is 2.91. The average Bonchev–Trinajstić information content (AvgIpc) is 2.59. The summed E-state index contributed by atoms with van der Waals surface area (Å²) in [5.74, 6) is -0.525. The van der Waals surface area contributed by atoms with Gasteiger partial charge in [0.05, 0.1) is 10.5 Å². The third-order valence-electron chi connectivity index (χ3n) is 4.15. The first-order valence-electron chi connectivity index (χ1n) is 7.16. The molecule has 21 heavy (non-hydrogen) atoms. The zero-order chi connectivity index (χ0) is 15.9. The number of carbonyl (C=O) groups is 2. The maximum atomic E-state index is 12.5. The predicted octanol–water partition coefficient (Wildman–Crippen LogP) is -0.126. The van der Waals surface area contributed by atoms with Crippen molar-refractivity contribution in [2.45, 2.75) is 43.9 Å². The van der Waals surface area contributed by atoms with E-state index in [1.165, 1.54) is 0 Å².